The lowest BCUT2D eigenvalue weighted by molar-refractivity contribution is -0.140. The van der Waals surface area contributed by atoms with Gasteiger partial charge in [0, 0.05) is 5.02 Å². The highest BCUT2D eigenvalue weighted by Crippen LogP contribution is 2.29. The van der Waals surface area contributed by atoms with E-state index in [2.05, 4.69) is 0 Å². The number of rotatable bonds is 3. The summed E-state index contributed by atoms with van der Waals surface area (Å²) in [7, 11) is 0. The van der Waals surface area contributed by atoms with Crippen LogP contribution < -0.4 is 4.74 Å². The van der Waals surface area contributed by atoms with Gasteiger partial charge in [-0.25, -0.2) is 0 Å². The predicted molar refractivity (Wildman–Crippen MR) is 64.3 cm³/mol. The molecular formula is C10H8Cl2O3S. The van der Waals surface area contributed by atoms with Crippen LogP contribution in [0, 0.1) is 0 Å². The van der Waals surface area contributed by atoms with Crippen molar-refractivity contribution in [2.45, 2.75) is 5.44 Å². The van der Waals surface area contributed by atoms with Crippen molar-refractivity contribution >= 4 is 40.9 Å². The Morgan fingerprint density at radius 2 is 2.31 bits per heavy atom. The monoisotopic (exact) mass is 278 g/mol. The highest BCUT2D eigenvalue weighted by atomic mass is 35.5. The van der Waals surface area contributed by atoms with Gasteiger partial charge in [-0.2, -0.15) is 0 Å². The Balaban J connectivity index is 1.92. The average molecular weight is 279 g/mol. The molecule has 0 radical (unpaired) electrons. The number of esters is 1. The maximum atomic E-state index is 10.8. The van der Waals surface area contributed by atoms with Crippen molar-refractivity contribution in [3.05, 3.63) is 28.2 Å². The van der Waals surface area contributed by atoms with E-state index in [1.165, 1.54) is 11.8 Å². The summed E-state index contributed by atoms with van der Waals surface area (Å²) in [5.74, 6) is 0.706. The fourth-order valence-corrected chi connectivity index (χ4v) is 2.40. The molecule has 0 aliphatic carbocycles. The normalized spacial score (nSPS) is 19.6. The Hall–Kier alpha value is -0.580. The molecule has 3 nitrogen and oxygen atoms in total. The lowest BCUT2D eigenvalue weighted by Crippen LogP contribution is -2.15. The summed E-state index contributed by atoms with van der Waals surface area (Å²) in [5, 5.41) is 1.00. The second-order valence-corrected chi connectivity index (χ2v) is 5.11. The topological polar surface area (TPSA) is 35.5 Å². The number of carbonyl (C=O) groups is 1. The molecule has 0 bridgehead atoms. The first-order valence-corrected chi connectivity index (χ1v) is 6.34. The molecule has 1 fully saturated rings. The molecule has 0 amide bonds. The van der Waals surface area contributed by atoms with E-state index in [-0.39, 0.29) is 18.0 Å². The highest BCUT2D eigenvalue weighted by molar-refractivity contribution is 8.00. The Bertz CT molecular complexity index is 411. The standard InChI is InChI=1S/C10H8Cl2O3S/c11-6-1-2-8(7(12)3-6)14-4-10-15-9(13)5-16-10/h1-3,10H,4-5H2/t10-/m1/s1. The number of hydrogen-bond acceptors (Lipinski definition) is 4. The van der Waals surface area contributed by atoms with E-state index in [1.54, 1.807) is 18.2 Å². The Morgan fingerprint density at radius 3 is 2.94 bits per heavy atom. The van der Waals surface area contributed by atoms with Crippen molar-refractivity contribution in [2.24, 2.45) is 0 Å². The predicted octanol–water partition coefficient (Wildman–Crippen LogP) is 2.99. The molecule has 1 aromatic carbocycles. The van der Waals surface area contributed by atoms with Gasteiger partial charge in [0.05, 0.1) is 10.8 Å². The van der Waals surface area contributed by atoms with Gasteiger partial charge in [0.15, 0.2) is 5.44 Å². The van der Waals surface area contributed by atoms with E-state index in [9.17, 15) is 4.79 Å². The number of halogens is 2. The number of thioether (sulfide) groups is 1. The van der Waals surface area contributed by atoms with Gasteiger partial charge in [0.1, 0.15) is 12.4 Å². The molecule has 16 heavy (non-hydrogen) atoms. The number of hydrogen-bond donors (Lipinski definition) is 0. The van der Waals surface area contributed by atoms with E-state index in [0.29, 0.717) is 21.5 Å². The van der Waals surface area contributed by atoms with Crippen LogP contribution in [0.2, 0.25) is 10.0 Å². The van der Waals surface area contributed by atoms with Crippen LogP contribution in [0.1, 0.15) is 0 Å². The van der Waals surface area contributed by atoms with Gasteiger partial charge in [-0.3, -0.25) is 4.79 Å². The molecule has 0 aromatic heterocycles. The largest absolute Gasteiger partial charge is 0.487 e. The number of cyclic esters (lactones) is 1. The van der Waals surface area contributed by atoms with E-state index in [1.807, 2.05) is 0 Å². The lowest BCUT2D eigenvalue weighted by atomic mass is 10.3. The number of carbonyl (C=O) groups excluding carboxylic acids is 1. The van der Waals surface area contributed by atoms with E-state index in [0.717, 1.165) is 0 Å². The van der Waals surface area contributed by atoms with Crippen LogP contribution in [0.4, 0.5) is 0 Å². The summed E-state index contributed by atoms with van der Waals surface area (Å²) < 4.78 is 10.4. The summed E-state index contributed by atoms with van der Waals surface area (Å²) in [6.07, 6.45) is 0. The van der Waals surface area contributed by atoms with Gasteiger partial charge in [0.25, 0.3) is 0 Å². The molecule has 1 aliphatic heterocycles. The van der Waals surface area contributed by atoms with E-state index < -0.39 is 0 Å². The smallest absolute Gasteiger partial charge is 0.317 e. The summed E-state index contributed by atoms with van der Waals surface area (Å²) in [4.78, 5) is 10.8. The SMILES string of the molecule is O=C1CS[C@H](COc2ccc(Cl)cc2Cl)O1. The minimum atomic E-state index is -0.251. The first kappa shape index (κ1) is 11.9. The van der Waals surface area contributed by atoms with Crippen LogP contribution in [0.15, 0.2) is 18.2 Å². The zero-order chi connectivity index (χ0) is 11.5. The fourth-order valence-electron chi connectivity index (χ4n) is 1.21. The van der Waals surface area contributed by atoms with Crippen LogP contribution >= 0.6 is 35.0 Å². The van der Waals surface area contributed by atoms with Gasteiger partial charge in [0.2, 0.25) is 0 Å². The van der Waals surface area contributed by atoms with Gasteiger partial charge >= 0.3 is 5.97 Å². The van der Waals surface area contributed by atoms with Gasteiger partial charge in [-0.05, 0) is 18.2 Å². The molecule has 0 spiro atoms. The molecule has 0 saturated carbocycles. The van der Waals surface area contributed by atoms with Crippen LogP contribution in [0.25, 0.3) is 0 Å². The summed E-state index contributed by atoms with van der Waals surface area (Å²) in [5.41, 5.74) is -0.251. The quantitative estimate of drug-likeness (QED) is 0.797. The molecule has 1 saturated heterocycles. The minimum Gasteiger partial charge on any atom is -0.487 e. The molecule has 1 atom stereocenters. The van der Waals surface area contributed by atoms with E-state index in [4.69, 9.17) is 32.7 Å². The molecular weight excluding hydrogens is 271 g/mol. The summed E-state index contributed by atoms with van der Waals surface area (Å²) >= 11 is 13.1. The maximum Gasteiger partial charge on any atom is 0.317 e. The van der Waals surface area contributed by atoms with E-state index >= 15 is 0 Å². The van der Waals surface area contributed by atoms with Crippen molar-refractivity contribution in [2.75, 3.05) is 12.4 Å². The first-order chi connectivity index (χ1) is 7.65. The van der Waals surface area contributed by atoms with Gasteiger partial charge in [-0.1, -0.05) is 23.2 Å². The van der Waals surface area contributed by atoms with Crippen LogP contribution in [-0.4, -0.2) is 23.8 Å². The van der Waals surface area contributed by atoms with Crippen LogP contribution in [0.5, 0.6) is 5.75 Å². The Morgan fingerprint density at radius 1 is 1.50 bits per heavy atom. The number of ether oxygens (including phenoxy) is 2. The molecule has 1 aromatic rings. The van der Waals surface area contributed by atoms with Gasteiger partial charge < -0.3 is 9.47 Å². The molecule has 1 heterocycles. The first-order valence-electron chi connectivity index (χ1n) is 4.54. The Labute approximate surface area is 107 Å². The molecule has 2 rings (SSSR count). The Kier molecular flexibility index (Phi) is 3.84. The van der Waals surface area contributed by atoms with Crippen LogP contribution in [-0.2, 0) is 9.53 Å². The highest BCUT2D eigenvalue weighted by Gasteiger charge is 2.24. The second-order valence-electron chi connectivity index (χ2n) is 3.12. The third-order valence-corrected chi connectivity index (χ3v) is 3.46. The molecule has 86 valence electrons. The molecule has 0 N–H and O–H groups in total. The minimum absolute atomic E-state index is 0.208. The van der Waals surface area contributed by atoms with Crippen molar-refractivity contribution in [1.29, 1.82) is 0 Å². The third kappa shape index (κ3) is 2.97. The fraction of sp³-hybridized carbons (Fsp3) is 0.300. The molecule has 6 heteroatoms. The van der Waals surface area contributed by atoms with Crippen molar-refractivity contribution in [3.63, 3.8) is 0 Å². The summed E-state index contributed by atoms with van der Waals surface area (Å²) in [6.45, 7) is 0.289. The number of benzene rings is 1. The molecule has 1 aliphatic rings. The second kappa shape index (κ2) is 5.17. The van der Waals surface area contributed by atoms with Crippen LogP contribution in [0.3, 0.4) is 0 Å². The average Bonchev–Trinajstić information content (AvgIpc) is 2.63. The van der Waals surface area contributed by atoms with Gasteiger partial charge in [-0.15, -0.1) is 11.8 Å². The third-order valence-electron chi connectivity index (χ3n) is 1.92. The maximum absolute atomic E-state index is 10.8. The molecule has 0 unspecified atom stereocenters. The summed E-state index contributed by atoms with van der Waals surface area (Å²) in [6, 6.07) is 4.98. The zero-order valence-electron chi connectivity index (χ0n) is 8.11. The lowest BCUT2D eigenvalue weighted by Gasteiger charge is -2.11. The van der Waals surface area contributed by atoms with Crippen molar-refractivity contribution in [1.82, 2.24) is 0 Å². The zero-order valence-corrected chi connectivity index (χ0v) is 10.4. The van der Waals surface area contributed by atoms with Crippen molar-refractivity contribution < 1.29 is 14.3 Å². The van der Waals surface area contributed by atoms with Crippen molar-refractivity contribution in [3.8, 4) is 5.75 Å².